The molecule has 0 saturated carbocycles. The Labute approximate surface area is 173 Å². The molecular weight excluding hydrogens is 386 g/mol. The fourth-order valence-electron chi connectivity index (χ4n) is 3.55. The molecule has 2 amide bonds. The molecule has 1 N–H and O–H groups in total. The number of sulfonamides is 1. The molecular formula is C22H29N3O3S. The number of nitrogens with zero attached hydrogens (tertiary/aromatic N) is 2. The van der Waals surface area contributed by atoms with Gasteiger partial charge in [0.25, 0.3) is 0 Å². The van der Waals surface area contributed by atoms with Crippen molar-refractivity contribution >= 4 is 16.1 Å². The van der Waals surface area contributed by atoms with Gasteiger partial charge in [0.2, 0.25) is 10.0 Å². The second-order valence-corrected chi connectivity index (χ2v) is 9.54. The Hall–Kier alpha value is -2.38. The van der Waals surface area contributed by atoms with Crippen LogP contribution in [0.5, 0.6) is 0 Å². The molecule has 0 spiro atoms. The van der Waals surface area contributed by atoms with Crippen molar-refractivity contribution in [2.24, 2.45) is 0 Å². The molecule has 7 heteroatoms. The Bertz CT molecular complexity index is 981. The van der Waals surface area contributed by atoms with Crippen molar-refractivity contribution in [3.05, 3.63) is 64.7 Å². The van der Waals surface area contributed by atoms with Crippen LogP contribution < -0.4 is 5.32 Å². The number of hydrogen-bond acceptors (Lipinski definition) is 3. The molecule has 2 aromatic carbocycles. The first-order chi connectivity index (χ1) is 13.8. The van der Waals surface area contributed by atoms with E-state index in [0.29, 0.717) is 37.6 Å². The van der Waals surface area contributed by atoms with Crippen LogP contribution in [0.2, 0.25) is 0 Å². The van der Waals surface area contributed by atoms with Crippen LogP contribution in [0.1, 0.15) is 22.3 Å². The number of urea groups is 1. The van der Waals surface area contributed by atoms with Crippen LogP contribution >= 0.6 is 0 Å². The minimum absolute atomic E-state index is 0.138. The molecule has 1 aliphatic heterocycles. The van der Waals surface area contributed by atoms with Crippen molar-refractivity contribution in [2.45, 2.75) is 32.1 Å². The molecule has 0 bridgehead atoms. The van der Waals surface area contributed by atoms with Crippen molar-refractivity contribution in [3.63, 3.8) is 0 Å². The Morgan fingerprint density at radius 2 is 1.66 bits per heavy atom. The van der Waals surface area contributed by atoms with Crippen LogP contribution in [0, 0.1) is 20.8 Å². The van der Waals surface area contributed by atoms with Crippen LogP contribution in [0.3, 0.4) is 0 Å². The van der Waals surface area contributed by atoms with Crippen molar-refractivity contribution in [1.82, 2.24) is 14.5 Å². The molecule has 0 aliphatic carbocycles. The lowest BCUT2D eigenvalue weighted by molar-refractivity contribution is 0.172. The standard InChI is InChI=1S/C22H29N3O3S/c1-17-5-4-6-20(15-17)9-10-23-22(26)24-11-13-25(14-12-24)29(27,28)21-16-18(2)7-8-19(21)3/h4-8,15-16H,9-14H2,1-3H3,(H,23,26). The van der Waals surface area contributed by atoms with Gasteiger partial charge in [0.15, 0.2) is 0 Å². The summed E-state index contributed by atoms with van der Waals surface area (Å²) < 4.78 is 27.5. The maximum Gasteiger partial charge on any atom is 0.317 e. The maximum atomic E-state index is 13.0. The molecule has 156 valence electrons. The summed E-state index contributed by atoms with van der Waals surface area (Å²) in [5.41, 5.74) is 4.05. The Morgan fingerprint density at radius 1 is 0.966 bits per heavy atom. The zero-order valence-electron chi connectivity index (χ0n) is 17.3. The highest BCUT2D eigenvalue weighted by molar-refractivity contribution is 7.89. The SMILES string of the molecule is Cc1cccc(CCNC(=O)N2CCN(S(=O)(=O)c3cc(C)ccc3C)CC2)c1. The Kier molecular flexibility index (Phi) is 6.59. The van der Waals surface area contributed by atoms with E-state index >= 15 is 0 Å². The first-order valence-electron chi connectivity index (χ1n) is 9.93. The smallest absolute Gasteiger partial charge is 0.317 e. The summed E-state index contributed by atoms with van der Waals surface area (Å²) in [6.45, 7) is 7.70. The number of benzene rings is 2. The molecule has 0 aromatic heterocycles. The quantitative estimate of drug-likeness (QED) is 0.816. The molecule has 0 atom stereocenters. The van der Waals surface area contributed by atoms with Crippen molar-refractivity contribution in [3.8, 4) is 0 Å². The van der Waals surface area contributed by atoms with E-state index in [2.05, 4.69) is 17.4 Å². The zero-order chi connectivity index (χ0) is 21.0. The van der Waals surface area contributed by atoms with Crippen molar-refractivity contribution in [2.75, 3.05) is 32.7 Å². The molecule has 0 unspecified atom stereocenters. The third-order valence-corrected chi connectivity index (χ3v) is 7.30. The van der Waals surface area contributed by atoms with Gasteiger partial charge in [0.1, 0.15) is 0 Å². The summed E-state index contributed by atoms with van der Waals surface area (Å²) in [7, 11) is -3.55. The van der Waals surface area contributed by atoms with E-state index in [1.165, 1.54) is 15.4 Å². The van der Waals surface area contributed by atoms with Crippen LogP contribution in [-0.4, -0.2) is 56.4 Å². The van der Waals surface area contributed by atoms with E-state index in [-0.39, 0.29) is 6.03 Å². The van der Waals surface area contributed by atoms with Gasteiger partial charge in [-0.15, -0.1) is 0 Å². The zero-order valence-corrected chi connectivity index (χ0v) is 18.1. The predicted molar refractivity (Wildman–Crippen MR) is 115 cm³/mol. The van der Waals surface area contributed by atoms with Gasteiger partial charge in [-0.1, -0.05) is 42.0 Å². The largest absolute Gasteiger partial charge is 0.338 e. The number of rotatable bonds is 5. The maximum absolute atomic E-state index is 13.0. The first-order valence-corrected chi connectivity index (χ1v) is 11.4. The van der Waals surface area contributed by atoms with E-state index in [1.54, 1.807) is 11.0 Å². The lowest BCUT2D eigenvalue weighted by Gasteiger charge is -2.34. The minimum atomic E-state index is -3.55. The molecule has 0 radical (unpaired) electrons. The third kappa shape index (κ3) is 5.16. The van der Waals surface area contributed by atoms with Crippen LogP contribution in [0.4, 0.5) is 4.79 Å². The van der Waals surface area contributed by atoms with Crippen LogP contribution in [0.25, 0.3) is 0 Å². The van der Waals surface area contributed by atoms with E-state index < -0.39 is 10.0 Å². The Balaban J connectivity index is 1.53. The third-order valence-electron chi connectivity index (χ3n) is 5.26. The molecule has 1 fully saturated rings. The van der Waals surface area contributed by atoms with E-state index in [0.717, 1.165) is 17.5 Å². The minimum Gasteiger partial charge on any atom is -0.338 e. The highest BCUT2D eigenvalue weighted by atomic mass is 32.2. The van der Waals surface area contributed by atoms with E-state index in [1.807, 2.05) is 45.0 Å². The molecule has 29 heavy (non-hydrogen) atoms. The summed E-state index contributed by atoms with van der Waals surface area (Å²) in [5, 5.41) is 2.94. The number of hydrogen-bond donors (Lipinski definition) is 1. The second kappa shape index (κ2) is 8.97. The first kappa shape index (κ1) is 21.3. The fourth-order valence-corrected chi connectivity index (χ4v) is 5.28. The molecule has 1 heterocycles. The molecule has 1 saturated heterocycles. The lowest BCUT2D eigenvalue weighted by Crippen LogP contribution is -2.53. The highest BCUT2D eigenvalue weighted by Crippen LogP contribution is 2.22. The molecule has 3 rings (SSSR count). The number of aryl methyl sites for hydroxylation is 3. The fraction of sp³-hybridized carbons (Fsp3) is 0.409. The van der Waals surface area contributed by atoms with Crippen LogP contribution in [-0.2, 0) is 16.4 Å². The summed E-state index contributed by atoms with van der Waals surface area (Å²) in [5.74, 6) is 0. The summed E-state index contributed by atoms with van der Waals surface area (Å²) >= 11 is 0. The summed E-state index contributed by atoms with van der Waals surface area (Å²) in [6, 6.07) is 13.6. The van der Waals surface area contributed by atoms with Gasteiger partial charge in [-0.2, -0.15) is 4.31 Å². The number of piperazine rings is 1. The number of carbonyl (C=O) groups excluding carboxylic acids is 1. The Morgan fingerprint density at radius 3 is 2.34 bits per heavy atom. The van der Waals surface area contributed by atoms with E-state index in [4.69, 9.17) is 0 Å². The normalized spacial score (nSPS) is 15.3. The van der Waals surface area contributed by atoms with Gasteiger partial charge in [0, 0.05) is 32.7 Å². The van der Waals surface area contributed by atoms with Gasteiger partial charge < -0.3 is 10.2 Å². The van der Waals surface area contributed by atoms with E-state index in [9.17, 15) is 13.2 Å². The average Bonchev–Trinajstić information content (AvgIpc) is 2.70. The molecule has 2 aromatic rings. The van der Waals surface area contributed by atoms with Gasteiger partial charge in [0.05, 0.1) is 4.90 Å². The second-order valence-electron chi connectivity index (χ2n) is 7.63. The number of carbonyl (C=O) groups is 1. The van der Waals surface area contributed by atoms with Gasteiger partial charge in [-0.05, 0) is 49.9 Å². The van der Waals surface area contributed by atoms with Crippen LogP contribution in [0.15, 0.2) is 47.4 Å². The lowest BCUT2D eigenvalue weighted by atomic mass is 10.1. The summed E-state index contributed by atoms with van der Waals surface area (Å²) in [4.78, 5) is 14.5. The monoisotopic (exact) mass is 415 g/mol. The van der Waals surface area contributed by atoms with Crippen molar-refractivity contribution < 1.29 is 13.2 Å². The van der Waals surface area contributed by atoms with Gasteiger partial charge >= 0.3 is 6.03 Å². The summed E-state index contributed by atoms with van der Waals surface area (Å²) in [6.07, 6.45) is 0.772. The molecule has 1 aliphatic rings. The molecule has 6 nitrogen and oxygen atoms in total. The topological polar surface area (TPSA) is 69.7 Å². The average molecular weight is 416 g/mol. The van der Waals surface area contributed by atoms with Gasteiger partial charge in [-0.3, -0.25) is 0 Å². The number of nitrogens with one attached hydrogen (secondary N) is 1. The predicted octanol–water partition coefficient (Wildman–Crippen LogP) is 2.87. The highest BCUT2D eigenvalue weighted by Gasteiger charge is 2.31. The van der Waals surface area contributed by atoms with Crippen molar-refractivity contribution in [1.29, 1.82) is 0 Å². The number of amides is 2. The van der Waals surface area contributed by atoms with Gasteiger partial charge in [-0.25, -0.2) is 13.2 Å².